The lowest BCUT2D eigenvalue weighted by molar-refractivity contribution is -0.141. The molecule has 164 valence electrons. The van der Waals surface area contributed by atoms with E-state index in [1.54, 1.807) is 44.0 Å². The van der Waals surface area contributed by atoms with Crippen LogP contribution in [0.3, 0.4) is 0 Å². The zero-order valence-corrected chi connectivity index (χ0v) is 18.0. The Morgan fingerprint density at radius 2 is 1.77 bits per heavy atom. The summed E-state index contributed by atoms with van der Waals surface area (Å²) in [6.07, 6.45) is -1.74. The van der Waals surface area contributed by atoms with Crippen LogP contribution in [0.25, 0.3) is 34.1 Å². The first-order valence-electron chi connectivity index (χ1n) is 9.27. The van der Waals surface area contributed by atoms with Crippen LogP contribution in [0.2, 0.25) is 0 Å². The van der Waals surface area contributed by atoms with Crippen LogP contribution in [0.5, 0.6) is 0 Å². The molecule has 0 aromatic carbocycles. The molecule has 0 radical (unpaired) electrons. The highest BCUT2D eigenvalue weighted by atomic mass is 32.2. The van der Waals surface area contributed by atoms with Crippen molar-refractivity contribution in [3.05, 3.63) is 36.3 Å². The second kappa shape index (κ2) is 6.94. The highest BCUT2D eigenvalue weighted by molar-refractivity contribution is 7.91. The van der Waals surface area contributed by atoms with E-state index >= 15 is 0 Å². The molecule has 12 heteroatoms. The van der Waals surface area contributed by atoms with E-state index in [4.69, 9.17) is 0 Å². The molecule has 0 spiro atoms. The summed E-state index contributed by atoms with van der Waals surface area (Å²) in [5.41, 5.74) is 0.0603. The molecule has 4 aromatic heterocycles. The van der Waals surface area contributed by atoms with E-state index in [2.05, 4.69) is 15.0 Å². The summed E-state index contributed by atoms with van der Waals surface area (Å²) in [5, 5.41) is -0.0476. The Morgan fingerprint density at radius 3 is 2.35 bits per heavy atom. The Morgan fingerprint density at radius 1 is 1.06 bits per heavy atom. The number of hydrogen-bond acceptors (Lipinski definition) is 5. The topological polar surface area (TPSA) is 87.6 Å². The number of imidazole rings is 2. The molecule has 0 atom stereocenters. The fourth-order valence-electron chi connectivity index (χ4n) is 3.50. The maximum absolute atomic E-state index is 13.1. The Bertz CT molecular complexity index is 1410. The molecular formula is C19H19F3N6O2S. The molecule has 0 saturated heterocycles. The number of alkyl halides is 3. The number of fused-ring (bicyclic) bond motifs is 1. The van der Waals surface area contributed by atoms with Crippen molar-refractivity contribution in [3.63, 3.8) is 0 Å². The fraction of sp³-hybridized carbons (Fsp3) is 0.316. The van der Waals surface area contributed by atoms with E-state index in [1.807, 2.05) is 0 Å². The Labute approximate surface area is 175 Å². The summed E-state index contributed by atoms with van der Waals surface area (Å²) >= 11 is 0. The SMILES string of the molecule is CCS(=O)(=O)c1c(-c2nc3cc(C(F)(F)F)ncc3n2C)nc(-c2cccn2C)n1C. The highest BCUT2D eigenvalue weighted by Crippen LogP contribution is 2.34. The molecule has 0 fully saturated rings. The van der Waals surface area contributed by atoms with E-state index in [0.29, 0.717) is 17.0 Å². The lowest BCUT2D eigenvalue weighted by atomic mass is 10.3. The average molecular weight is 452 g/mol. The summed E-state index contributed by atoms with van der Waals surface area (Å²) < 4.78 is 69.8. The van der Waals surface area contributed by atoms with Gasteiger partial charge in [0.1, 0.15) is 11.4 Å². The van der Waals surface area contributed by atoms with Gasteiger partial charge in [-0.25, -0.2) is 23.4 Å². The number of rotatable bonds is 4. The normalized spacial score (nSPS) is 12.7. The predicted molar refractivity (Wildman–Crippen MR) is 108 cm³/mol. The molecule has 0 aliphatic carbocycles. The average Bonchev–Trinajstić information content (AvgIpc) is 3.36. The summed E-state index contributed by atoms with van der Waals surface area (Å²) in [4.78, 5) is 12.3. The lowest BCUT2D eigenvalue weighted by Crippen LogP contribution is -2.12. The molecule has 0 unspecified atom stereocenters. The van der Waals surface area contributed by atoms with E-state index in [-0.39, 0.29) is 27.8 Å². The predicted octanol–water partition coefficient (Wildman–Crippen LogP) is 3.19. The first-order valence-corrected chi connectivity index (χ1v) is 10.9. The molecule has 0 aliphatic heterocycles. The minimum absolute atomic E-state index is 0.0470. The van der Waals surface area contributed by atoms with Crippen LogP contribution in [0, 0.1) is 0 Å². The summed E-state index contributed by atoms with van der Waals surface area (Å²) in [5.74, 6) is 0.366. The van der Waals surface area contributed by atoms with Crippen molar-refractivity contribution in [3.8, 4) is 23.0 Å². The van der Waals surface area contributed by atoms with Gasteiger partial charge in [-0.05, 0) is 18.2 Å². The summed E-state index contributed by atoms with van der Waals surface area (Å²) in [6, 6.07) is 4.44. The number of nitrogens with zero attached hydrogens (tertiary/aromatic N) is 6. The van der Waals surface area contributed by atoms with Gasteiger partial charge < -0.3 is 13.7 Å². The maximum Gasteiger partial charge on any atom is 0.433 e. The number of halogens is 3. The van der Waals surface area contributed by atoms with Crippen LogP contribution in [-0.4, -0.2) is 42.8 Å². The molecular weight excluding hydrogens is 433 g/mol. The minimum Gasteiger partial charge on any atom is -0.348 e. The second-order valence-electron chi connectivity index (χ2n) is 7.11. The zero-order chi connectivity index (χ0) is 22.7. The van der Waals surface area contributed by atoms with Gasteiger partial charge in [0, 0.05) is 27.3 Å². The van der Waals surface area contributed by atoms with Crippen LogP contribution in [0.4, 0.5) is 13.2 Å². The molecule has 0 bridgehead atoms. The van der Waals surface area contributed by atoms with Gasteiger partial charge in [-0.15, -0.1) is 0 Å². The van der Waals surface area contributed by atoms with Crippen LogP contribution >= 0.6 is 0 Å². The molecule has 0 amide bonds. The number of aryl methyl sites for hydroxylation is 2. The minimum atomic E-state index is -4.62. The van der Waals surface area contributed by atoms with Crippen LogP contribution in [0.1, 0.15) is 12.6 Å². The molecule has 4 aromatic rings. The van der Waals surface area contributed by atoms with Crippen molar-refractivity contribution >= 4 is 20.9 Å². The van der Waals surface area contributed by atoms with Crippen molar-refractivity contribution in [2.45, 2.75) is 18.1 Å². The largest absolute Gasteiger partial charge is 0.433 e. The van der Waals surface area contributed by atoms with Gasteiger partial charge in [-0.1, -0.05) is 6.92 Å². The summed E-state index contributed by atoms with van der Waals surface area (Å²) in [6.45, 7) is 1.52. The van der Waals surface area contributed by atoms with Crippen LogP contribution in [-0.2, 0) is 37.2 Å². The Balaban J connectivity index is 2.03. The van der Waals surface area contributed by atoms with Crippen LogP contribution < -0.4 is 0 Å². The van der Waals surface area contributed by atoms with E-state index in [9.17, 15) is 21.6 Å². The van der Waals surface area contributed by atoms with Crippen LogP contribution in [0.15, 0.2) is 35.6 Å². The summed E-state index contributed by atoms with van der Waals surface area (Å²) in [7, 11) is 1.24. The van der Waals surface area contributed by atoms with Gasteiger partial charge in [0.2, 0.25) is 0 Å². The third-order valence-electron chi connectivity index (χ3n) is 5.16. The van der Waals surface area contributed by atoms with Crippen molar-refractivity contribution in [1.29, 1.82) is 0 Å². The number of aromatic nitrogens is 6. The van der Waals surface area contributed by atoms with Gasteiger partial charge in [0.25, 0.3) is 0 Å². The Hall–Kier alpha value is -3.15. The zero-order valence-electron chi connectivity index (χ0n) is 17.1. The van der Waals surface area contributed by atoms with Crippen molar-refractivity contribution in [2.75, 3.05) is 5.75 Å². The van der Waals surface area contributed by atoms with Crippen molar-refractivity contribution in [2.24, 2.45) is 21.1 Å². The van der Waals surface area contributed by atoms with Gasteiger partial charge in [-0.3, -0.25) is 0 Å². The molecule has 0 saturated carbocycles. The first kappa shape index (κ1) is 21.1. The molecule has 0 N–H and O–H groups in total. The van der Waals surface area contributed by atoms with E-state index in [0.717, 1.165) is 12.3 Å². The number of hydrogen-bond donors (Lipinski definition) is 0. The molecule has 4 rings (SSSR count). The quantitative estimate of drug-likeness (QED) is 0.475. The van der Waals surface area contributed by atoms with Gasteiger partial charge in [0.05, 0.1) is 28.7 Å². The van der Waals surface area contributed by atoms with Gasteiger partial charge in [0.15, 0.2) is 26.5 Å². The van der Waals surface area contributed by atoms with Crippen molar-refractivity contribution in [1.82, 2.24) is 28.7 Å². The van der Waals surface area contributed by atoms with Crippen molar-refractivity contribution < 1.29 is 21.6 Å². The standard InChI is InChI=1S/C19H19F3N6O2S/c1-5-31(29,30)18-15(25-16(28(18)4)12-7-6-8-26(12)2)17-24-11-9-14(19(20,21)22)23-10-13(11)27(17)3/h6-10H,5H2,1-4H3. The maximum atomic E-state index is 13.1. The number of sulfone groups is 1. The van der Waals surface area contributed by atoms with E-state index in [1.165, 1.54) is 16.1 Å². The smallest absolute Gasteiger partial charge is 0.348 e. The molecule has 0 aliphatic rings. The highest BCUT2D eigenvalue weighted by Gasteiger charge is 2.34. The first-order chi connectivity index (χ1) is 14.5. The van der Waals surface area contributed by atoms with E-state index < -0.39 is 21.7 Å². The number of pyridine rings is 1. The fourth-order valence-corrected chi connectivity index (χ4v) is 4.71. The van der Waals surface area contributed by atoms with Gasteiger partial charge in [-0.2, -0.15) is 13.2 Å². The molecule has 31 heavy (non-hydrogen) atoms. The monoisotopic (exact) mass is 452 g/mol. The lowest BCUT2D eigenvalue weighted by Gasteiger charge is -2.08. The molecule has 4 heterocycles. The third-order valence-corrected chi connectivity index (χ3v) is 6.98. The third kappa shape index (κ3) is 3.30. The van der Waals surface area contributed by atoms with Gasteiger partial charge >= 0.3 is 6.18 Å². The Kier molecular flexibility index (Phi) is 4.72. The second-order valence-corrected chi connectivity index (χ2v) is 9.30. The molecule has 8 nitrogen and oxygen atoms in total.